The number of rotatable bonds is 4. The molecule has 0 aromatic rings. The molecule has 8 heteroatoms. The normalized spacial score (nSPS) is 48.4. The van der Waals surface area contributed by atoms with Gasteiger partial charge in [-0.3, -0.25) is 4.79 Å². The van der Waals surface area contributed by atoms with E-state index in [4.69, 9.17) is 14.2 Å². The van der Waals surface area contributed by atoms with Gasteiger partial charge in [0, 0.05) is 11.5 Å². The molecule has 3 rings (SSSR count). The topological polar surface area (TPSA) is 126 Å². The maximum absolute atomic E-state index is 11.2. The quantitative estimate of drug-likeness (QED) is 0.474. The predicted molar refractivity (Wildman–Crippen MR) is 79.3 cm³/mol. The number of aliphatic hydroxyl groups excluding tert-OH is 4. The minimum Gasteiger partial charge on any atom is -0.472 e. The van der Waals surface area contributed by atoms with Crippen molar-refractivity contribution in [1.29, 1.82) is 0 Å². The first-order valence-electron chi connectivity index (χ1n) is 8.24. The molecule has 0 radical (unpaired) electrons. The third kappa shape index (κ3) is 2.98. The molecule has 24 heavy (non-hydrogen) atoms. The molecule has 136 valence electrons. The number of aldehydes is 1. The van der Waals surface area contributed by atoms with E-state index in [1.165, 1.54) is 6.26 Å². The van der Waals surface area contributed by atoms with Crippen LogP contribution in [0.2, 0.25) is 0 Å². The summed E-state index contributed by atoms with van der Waals surface area (Å²) < 4.78 is 16.6. The van der Waals surface area contributed by atoms with Crippen LogP contribution < -0.4 is 0 Å². The van der Waals surface area contributed by atoms with E-state index < -0.39 is 43.6 Å². The highest BCUT2D eigenvalue weighted by Gasteiger charge is 2.49. The third-order valence-corrected chi connectivity index (χ3v) is 5.39. The van der Waals surface area contributed by atoms with Crippen molar-refractivity contribution < 1.29 is 39.4 Å². The van der Waals surface area contributed by atoms with Crippen molar-refractivity contribution in [2.45, 2.75) is 56.8 Å². The zero-order chi connectivity index (χ0) is 17.4. The Bertz CT molecular complexity index is 492. The van der Waals surface area contributed by atoms with Gasteiger partial charge in [0.2, 0.25) is 6.29 Å². The average molecular weight is 344 g/mol. The van der Waals surface area contributed by atoms with E-state index >= 15 is 0 Å². The summed E-state index contributed by atoms with van der Waals surface area (Å²) in [5.41, 5.74) is 0.595. The van der Waals surface area contributed by atoms with Crippen molar-refractivity contribution in [2.24, 2.45) is 17.8 Å². The standard InChI is InChI=1S/C16H24O8/c1-7-2-3-9-8(4-17)6-22-15(11(7)9)24-16-14(21)13(20)12(19)10(5-18)23-16/h4,6-7,9-16,18-21H,2-3,5H2,1H3/t7-,9+,10+,11+,12+,13-,14+,15-,16+/m0/s1. The van der Waals surface area contributed by atoms with Crippen LogP contribution >= 0.6 is 0 Å². The molecular formula is C16H24O8. The van der Waals surface area contributed by atoms with E-state index in [2.05, 4.69) is 0 Å². The van der Waals surface area contributed by atoms with Crippen molar-refractivity contribution in [1.82, 2.24) is 0 Å². The summed E-state index contributed by atoms with van der Waals surface area (Å²) in [6.45, 7) is 1.53. The minimum atomic E-state index is -1.50. The Morgan fingerprint density at radius 3 is 2.62 bits per heavy atom. The maximum Gasteiger partial charge on any atom is 0.205 e. The Balaban J connectivity index is 1.75. The van der Waals surface area contributed by atoms with Crippen molar-refractivity contribution in [3.05, 3.63) is 11.8 Å². The Kier molecular flexibility index (Phi) is 5.24. The van der Waals surface area contributed by atoms with E-state index in [-0.39, 0.29) is 17.8 Å². The van der Waals surface area contributed by atoms with Gasteiger partial charge in [-0.15, -0.1) is 0 Å². The van der Waals surface area contributed by atoms with Crippen molar-refractivity contribution >= 4 is 6.29 Å². The number of hydrogen-bond donors (Lipinski definition) is 4. The molecule has 0 bridgehead atoms. The van der Waals surface area contributed by atoms with Crippen molar-refractivity contribution in [2.75, 3.05) is 6.61 Å². The van der Waals surface area contributed by atoms with Crippen LogP contribution in [-0.2, 0) is 19.0 Å². The third-order valence-electron chi connectivity index (χ3n) is 5.39. The van der Waals surface area contributed by atoms with Gasteiger partial charge in [0.15, 0.2) is 6.29 Å². The maximum atomic E-state index is 11.2. The minimum absolute atomic E-state index is 0.0288. The monoisotopic (exact) mass is 344 g/mol. The van der Waals surface area contributed by atoms with Gasteiger partial charge >= 0.3 is 0 Å². The predicted octanol–water partition coefficient (Wildman–Crippen LogP) is -1.10. The van der Waals surface area contributed by atoms with Crippen LogP contribution in [0.1, 0.15) is 19.8 Å². The van der Waals surface area contributed by atoms with Gasteiger partial charge in [0.05, 0.1) is 12.9 Å². The van der Waals surface area contributed by atoms with E-state index in [0.29, 0.717) is 5.57 Å². The zero-order valence-corrected chi connectivity index (χ0v) is 13.4. The highest BCUT2D eigenvalue weighted by molar-refractivity contribution is 5.74. The largest absolute Gasteiger partial charge is 0.472 e. The lowest BCUT2D eigenvalue weighted by Gasteiger charge is -2.43. The number of carbonyl (C=O) groups excluding carboxylic acids is 1. The lowest BCUT2D eigenvalue weighted by atomic mass is 9.84. The fraction of sp³-hybridized carbons (Fsp3) is 0.812. The van der Waals surface area contributed by atoms with E-state index in [0.717, 1.165) is 19.1 Å². The van der Waals surface area contributed by atoms with Crippen LogP contribution in [0, 0.1) is 17.8 Å². The summed E-state index contributed by atoms with van der Waals surface area (Å²) in [4.78, 5) is 11.2. The summed E-state index contributed by atoms with van der Waals surface area (Å²) >= 11 is 0. The van der Waals surface area contributed by atoms with Gasteiger partial charge in [0.1, 0.15) is 30.7 Å². The Morgan fingerprint density at radius 2 is 1.96 bits per heavy atom. The number of allylic oxidation sites excluding steroid dienone is 1. The Morgan fingerprint density at radius 1 is 1.21 bits per heavy atom. The zero-order valence-electron chi connectivity index (χ0n) is 13.4. The molecule has 0 unspecified atom stereocenters. The fourth-order valence-electron chi connectivity index (χ4n) is 3.94. The van der Waals surface area contributed by atoms with Crippen LogP contribution in [-0.4, -0.2) is 70.3 Å². The summed E-state index contributed by atoms with van der Waals surface area (Å²) in [5, 5.41) is 39.0. The van der Waals surface area contributed by atoms with Gasteiger partial charge in [-0.1, -0.05) is 6.92 Å². The molecule has 2 aliphatic heterocycles. The fourth-order valence-corrected chi connectivity index (χ4v) is 3.94. The van der Waals surface area contributed by atoms with Gasteiger partial charge < -0.3 is 34.6 Å². The van der Waals surface area contributed by atoms with E-state index in [1.807, 2.05) is 6.92 Å². The van der Waals surface area contributed by atoms with Crippen LogP contribution in [0.5, 0.6) is 0 Å². The van der Waals surface area contributed by atoms with Crippen molar-refractivity contribution in [3.8, 4) is 0 Å². The second-order valence-corrected chi connectivity index (χ2v) is 6.81. The molecule has 0 spiro atoms. The smallest absolute Gasteiger partial charge is 0.205 e. The molecule has 2 heterocycles. The first kappa shape index (κ1) is 17.8. The lowest BCUT2D eigenvalue weighted by molar-refractivity contribution is -0.342. The number of fused-ring (bicyclic) bond motifs is 1. The van der Waals surface area contributed by atoms with Gasteiger partial charge in [-0.25, -0.2) is 0 Å². The molecule has 2 fully saturated rings. The second-order valence-electron chi connectivity index (χ2n) is 6.81. The van der Waals surface area contributed by atoms with Gasteiger partial charge in [0.25, 0.3) is 0 Å². The lowest BCUT2D eigenvalue weighted by Crippen LogP contribution is -2.60. The summed E-state index contributed by atoms with van der Waals surface area (Å²) in [6.07, 6.45) is -3.47. The highest BCUT2D eigenvalue weighted by atomic mass is 16.8. The van der Waals surface area contributed by atoms with Crippen LogP contribution in [0.4, 0.5) is 0 Å². The summed E-state index contributed by atoms with van der Waals surface area (Å²) in [7, 11) is 0. The van der Waals surface area contributed by atoms with Crippen molar-refractivity contribution in [3.63, 3.8) is 0 Å². The first-order chi connectivity index (χ1) is 11.5. The number of carbonyl (C=O) groups is 1. The molecule has 1 saturated carbocycles. The van der Waals surface area contributed by atoms with E-state index in [9.17, 15) is 25.2 Å². The molecule has 0 aromatic heterocycles. The molecule has 0 aromatic carbocycles. The molecule has 1 aliphatic carbocycles. The summed E-state index contributed by atoms with van der Waals surface area (Å²) in [5.74, 6) is 0.220. The second kappa shape index (κ2) is 7.07. The number of ether oxygens (including phenoxy) is 3. The van der Waals surface area contributed by atoms with E-state index in [1.54, 1.807) is 0 Å². The molecule has 4 N–H and O–H groups in total. The van der Waals surface area contributed by atoms with Gasteiger partial charge in [-0.2, -0.15) is 0 Å². The Labute approximate surface area is 139 Å². The Hall–Kier alpha value is -1.03. The first-order valence-corrected chi connectivity index (χ1v) is 8.24. The molecule has 3 aliphatic rings. The van der Waals surface area contributed by atoms with Crippen LogP contribution in [0.15, 0.2) is 11.8 Å². The molecule has 9 atom stereocenters. The molecule has 1 saturated heterocycles. The number of aliphatic hydroxyl groups is 4. The molecule has 8 nitrogen and oxygen atoms in total. The molecule has 0 amide bonds. The van der Waals surface area contributed by atoms with Crippen LogP contribution in [0.3, 0.4) is 0 Å². The molecular weight excluding hydrogens is 320 g/mol. The number of hydrogen-bond acceptors (Lipinski definition) is 8. The highest BCUT2D eigenvalue weighted by Crippen LogP contribution is 2.46. The van der Waals surface area contributed by atoms with Gasteiger partial charge in [-0.05, 0) is 24.7 Å². The SMILES string of the molecule is C[C@H]1CC[C@@H]2C(C=O)=CO[C@@H](O[C@H]3O[C@H](CO)[C@@H](O)[C@H](O)[C@H]3O)[C@@H]21. The average Bonchev–Trinajstić information content (AvgIpc) is 2.98. The summed E-state index contributed by atoms with van der Waals surface area (Å²) in [6, 6.07) is 0. The van der Waals surface area contributed by atoms with Crippen LogP contribution in [0.25, 0.3) is 0 Å².